The number of anilines is 1. The third-order valence-electron chi connectivity index (χ3n) is 7.44. The molecular formula is C33H33F3N6O3S. The van der Waals surface area contributed by atoms with Gasteiger partial charge < -0.3 is 10.1 Å². The highest BCUT2D eigenvalue weighted by atomic mass is 32.2. The second-order valence-electron chi connectivity index (χ2n) is 11.8. The number of benzene rings is 3. The molecule has 1 fully saturated rings. The summed E-state index contributed by atoms with van der Waals surface area (Å²) in [6.45, 7) is 10.4. The van der Waals surface area contributed by atoms with Crippen LogP contribution in [-0.2, 0) is 10.2 Å². The quantitative estimate of drug-likeness (QED) is 0.214. The normalized spacial score (nSPS) is 14.8. The molecule has 0 unspecified atom stereocenters. The van der Waals surface area contributed by atoms with Crippen molar-refractivity contribution >= 4 is 34.6 Å². The number of carbonyl (C=O) groups excluding carboxylic acids is 2. The Balaban J connectivity index is 1.24. The predicted molar refractivity (Wildman–Crippen MR) is 173 cm³/mol. The number of aliphatic imine (C=N–C) groups is 1. The largest absolute Gasteiger partial charge is 0.573 e. The number of carbonyl (C=O) groups is 2. The molecule has 1 aliphatic rings. The maximum Gasteiger partial charge on any atom is 0.573 e. The number of hydrogen-bond acceptors (Lipinski definition) is 6. The number of thioether (sulfide) groups is 1. The molecule has 0 aliphatic carbocycles. The van der Waals surface area contributed by atoms with Crippen LogP contribution < -0.4 is 15.0 Å². The average Bonchev–Trinajstić information content (AvgIpc) is 3.63. The van der Waals surface area contributed by atoms with Crippen molar-refractivity contribution in [2.45, 2.75) is 52.3 Å². The van der Waals surface area contributed by atoms with Crippen molar-refractivity contribution in [3.05, 3.63) is 89.7 Å². The van der Waals surface area contributed by atoms with Crippen molar-refractivity contribution in [2.24, 2.45) is 4.99 Å². The molecule has 13 heteroatoms. The van der Waals surface area contributed by atoms with E-state index in [1.807, 2.05) is 63.2 Å². The summed E-state index contributed by atoms with van der Waals surface area (Å²) >= 11 is 1.25. The first-order chi connectivity index (χ1) is 21.7. The Bertz CT molecular complexity index is 1770. The summed E-state index contributed by atoms with van der Waals surface area (Å²) in [5.41, 5.74) is 4.54. The van der Waals surface area contributed by atoms with Gasteiger partial charge in [0, 0.05) is 17.5 Å². The number of nitrogens with one attached hydrogen (secondary N) is 1. The molecule has 0 atom stereocenters. The van der Waals surface area contributed by atoms with E-state index in [4.69, 9.17) is 0 Å². The van der Waals surface area contributed by atoms with Crippen LogP contribution in [0.25, 0.3) is 17.1 Å². The third-order valence-corrected chi connectivity index (χ3v) is 8.37. The summed E-state index contributed by atoms with van der Waals surface area (Å²) in [4.78, 5) is 36.0. The first-order valence-electron chi connectivity index (χ1n) is 14.5. The van der Waals surface area contributed by atoms with Crippen molar-refractivity contribution in [3.63, 3.8) is 0 Å². The van der Waals surface area contributed by atoms with Gasteiger partial charge in [0.25, 0.3) is 0 Å². The van der Waals surface area contributed by atoms with Crippen LogP contribution in [0.1, 0.15) is 50.3 Å². The van der Waals surface area contributed by atoms with Gasteiger partial charge in [-0.05, 0) is 59.9 Å². The molecule has 9 nitrogen and oxygen atoms in total. The van der Waals surface area contributed by atoms with Gasteiger partial charge >= 0.3 is 12.4 Å². The molecule has 1 N–H and O–H groups in total. The number of aryl methyl sites for hydroxylation is 1. The SMILES string of the molecule is Cc1ccc(C(C)C)c(N2C(=O)CSC2=NC(=O)NCC(C)(C)c2ccc(-c3ncn(-c4ccc(OC(F)(F)F)cc4)n3)cc2)c1. The summed E-state index contributed by atoms with van der Waals surface area (Å²) in [5.74, 6) is 0.399. The van der Waals surface area contributed by atoms with Crippen LogP contribution in [0.3, 0.4) is 0 Å². The zero-order valence-electron chi connectivity index (χ0n) is 25.9. The van der Waals surface area contributed by atoms with Crippen LogP contribution in [0.15, 0.2) is 78.0 Å². The number of urea groups is 1. The fourth-order valence-electron chi connectivity index (χ4n) is 4.93. The second kappa shape index (κ2) is 13.0. The number of ether oxygens (including phenoxy) is 1. The number of alkyl halides is 3. The highest BCUT2D eigenvalue weighted by Gasteiger charge is 2.33. The van der Waals surface area contributed by atoms with Crippen molar-refractivity contribution in [3.8, 4) is 22.8 Å². The van der Waals surface area contributed by atoms with E-state index in [0.717, 1.165) is 27.9 Å². The Hall–Kier alpha value is -4.65. The van der Waals surface area contributed by atoms with Crippen LogP contribution >= 0.6 is 11.8 Å². The van der Waals surface area contributed by atoms with E-state index in [2.05, 4.69) is 39.0 Å². The first kappa shape index (κ1) is 32.7. The molecule has 4 aromatic rings. The van der Waals surface area contributed by atoms with Crippen molar-refractivity contribution in [1.82, 2.24) is 20.1 Å². The van der Waals surface area contributed by atoms with Crippen LogP contribution in [0.2, 0.25) is 0 Å². The van der Waals surface area contributed by atoms with E-state index in [1.54, 1.807) is 4.90 Å². The van der Waals surface area contributed by atoms with Crippen LogP contribution in [-0.4, -0.2) is 50.5 Å². The number of amides is 3. The number of aromatic nitrogens is 3. The summed E-state index contributed by atoms with van der Waals surface area (Å²) in [6, 6.07) is 18.4. The zero-order chi connectivity index (χ0) is 33.2. The second-order valence-corrected chi connectivity index (χ2v) is 12.7. The molecule has 2 heterocycles. The summed E-state index contributed by atoms with van der Waals surface area (Å²) in [6.07, 6.45) is -3.29. The number of hydrogen-bond donors (Lipinski definition) is 1. The molecule has 240 valence electrons. The Morgan fingerprint density at radius 2 is 1.76 bits per heavy atom. The maximum absolute atomic E-state index is 13.0. The Labute approximate surface area is 268 Å². The minimum atomic E-state index is -4.76. The molecule has 1 saturated heterocycles. The summed E-state index contributed by atoms with van der Waals surface area (Å²) in [7, 11) is 0. The Kier molecular flexibility index (Phi) is 9.24. The van der Waals surface area contributed by atoms with Gasteiger partial charge in [0.2, 0.25) is 5.91 Å². The monoisotopic (exact) mass is 650 g/mol. The number of halogens is 3. The molecule has 46 heavy (non-hydrogen) atoms. The number of rotatable bonds is 8. The lowest BCUT2D eigenvalue weighted by molar-refractivity contribution is -0.274. The highest BCUT2D eigenvalue weighted by Crippen LogP contribution is 2.34. The lowest BCUT2D eigenvalue weighted by atomic mass is 9.84. The smallest absolute Gasteiger partial charge is 0.406 e. The Morgan fingerprint density at radius 3 is 2.41 bits per heavy atom. The Morgan fingerprint density at radius 1 is 1.07 bits per heavy atom. The molecule has 0 radical (unpaired) electrons. The van der Waals surface area contributed by atoms with Crippen LogP contribution in [0.5, 0.6) is 5.75 Å². The standard InChI is InChI=1S/C33H33F3N6O3S/c1-20(2)26-15-6-21(3)16-27(26)42-28(43)17-46-31(42)39-30(44)37-18-32(4,5)23-9-7-22(8-10-23)29-38-19-41(40-29)24-11-13-25(14-12-24)45-33(34,35)36/h6-16,19-20H,17-18H2,1-5H3,(H,37,44). The molecule has 1 aliphatic heterocycles. The van der Waals surface area contributed by atoms with Crippen molar-refractivity contribution in [1.29, 1.82) is 0 Å². The molecule has 0 bridgehead atoms. The van der Waals surface area contributed by atoms with Crippen molar-refractivity contribution in [2.75, 3.05) is 17.2 Å². The lowest BCUT2D eigenvalue weighted by Crippen LogP contribution is -2.37. The van der Waals surface area contributed by atoms with Gasteiger partial charge in [-0.25, -0.2) is 14.5 Å². The van der Waals surface area contributed by atoms with Crippen LogP contribution in [0.4, 0.5) is 23.7 Å². The van der Waals surface area contributed by atoms with E-state index in [0.29, 0.717) is 23.2 Å². The molecule has 3 amide bonds. The van der Waals surface area contributed by atoms with Gasteiger partial charge in [0.05, 0.1) is 17.1 Å². The lowest BCUT2D eigenvalue weighted by Gasteiger charge is -2.25. The summed E-state index contributed by atoms with van der Waals surface area (Å²) < 4.78 is 42.7. The molecular weight excluding hydrogens is 617 g/mol. The van der Waals surface area contributed by atoms with Gasteiger partial charge in [-0.15, -0.1) is 18.3 Å². The fraction of sp³-hybridized carbons (Fsp3) is 0.303. The van der Waals surface area contributed by atoms with Gasteiger partial charge in [-0.3, -0.25) is 9.69 Å². The minimum Gasteiger partial charge on any atom is -0.406 e. The fourth-order valence-corrected chi connectivity index (χ4v) is 5.79. The van der Waals surface area contributed by atoms with Gasteiger partial charge in [-0.1, -0.05) is 75.9 Å². The van der Waals surface area contributed by atoms with Gasteiger partial charge in [0.15, 0.2) is 11.0 Å². The van der Waals surface area contributed by atoms with E-state index in [9.17, 15) is 22.8 Å². The molecule has 1 aromatic heterocycles. The van der Waals surface area contributed by atoms with Gasteiger partial charge in [0.1, 0.15) is 12.1 Å². The average molecular weight is 651 g/mol. The zero-order valence-corrected chi connectivity index (χ0v) is 26.7. The molecule has 3 aromatic carbocycles. The topological polar surface area (TPSA) is 102 Å². The number of nitrogens with zero attached hydrogens (tertiary/aromatic N) is 5. The first-order valence-corrected chi connectivity index (χ1v) is 15.5. The van der Waals surface area contributed by atoms with E-state index >= 15 is 0 Å². The molecule has 0 spiro atoms. The van der Waals surface area contributed by atoms with E-state index in [1.165, 1.54) is 47.0 Å². The van der Waals surface area contributed by atoms with Gasteiger partial charge in [-0.2, -0.15) is 4.99 Å². The predicted octanol–water partition coefficient (Wildman–Crippen LogP) is 7.39. The van der Waals surface area contributed by atoms with E-state index in [-0.39, 0.29) is 23.3 Å². The van der Waals surface area contributed by atoms with Crippen molar-refractivity contribution < 1.29 is 27.5 Å². The maximum atomic E-state index is 13.0. The molecule has 5 rings (SSSR count). The van der Waals surface area contributed by atoms with Crippen LogP contribution in [0, 0.1) is 6.92 Å². The highest BCUT2D eigenvalue weighted by molar-refractivity contribution is 8.15. The van der Waals surface area contributed by atoms with E-state index < -0.39 is 17.8 Å². The molecule has 0 saturated carbocycles. The minimum absolute atomic E-state index is 0.114. The summed E-state index contributed by atoms with van der Waals surface area (Å²) in [5, 5.41) is 7.70. The third kappa shape index (κ3) is 7.58. The number of amidine groups is 1.